The number of hydrogen-bond donors (Lipinski definition) is 1. The minimum Gasteiger partial charge on any atom is -0.393 e. The molecule has 0 aromatic rings. The Balaban J connectivity index is 1.33. The first-order chi connectivity index (χ1) is 10.3. The molecule has 0 heterocycles. The van der Waals surface area contributed by atoms with Gasteiger partial charge in [-0.25, -0.2) is 0 Å². The molecule has 0 atom stereocenters. The number of ether oxygens (including phenoxy) is 2. The van der Waals surface area contributed by atoms with Crippen LogP contribution in [0.4, 0.5) is 0 Å². The first-order valence-electron chi connectivity index (χ1n) is 9.28. The van der Waals surface area contributed by atoms with Crippen molar-refractivity contribution in [1.82, 2.24) is 0 Å². The Kier molecular flexibility index (Phi) is 5.96. The van der Waals surface area contributed by atoms with Gasteiger partial charge < -0.3 is 14.6 Å². The molecule has 3 aliphatic rings. The van der Waals surface area contributed by atoms with Gasteiger partial charge >= 0.3 is 0 Å². The van der Waals surface area contributed by atoms with Crippen molar-refractivity contribution in [2.24, 2.45) is 0 Å². The highest BCUT2D eigenvalue weighted by Gasteiger charge is 2.28. The Labute approximate surface area is 129 Å². The van der Waals surface area contributed by atoms with E-state index in [1.165, 1.54) is 44.9 Å². The molecule has 0 saturated heterocycles. The van der Waals surface area contributed by atoms with Crippen molar-refractivity contribution in [3.63, 3.8) is 0 Å². The monoisotopic (exact) mass is 296 g/mol. The van der Waals surface area contributed by atoms with Crippen molar-refractivity contribution >= 4 is 0 Å². The molecule has 1 N–H and O–H groups in total. The van der Waals surface area contributed by atoms with Crippen LogP contribution in [-0.4, -0.2) is 35.6 Å². The third kappa shape index (κ3) is 4.94. The average Bonchev–Trinajstić information content (AvgIpc) is 2.53. The largest absolute Gasteiger partial charge is 0.393 e. The van der Waals surface area contributed by atoms with Gasteiger partial charge in [-0.2, -0.15) is 0 Å². The quantitative estimate of drug-likeness (QED) is 0.853. The predicted octanol–water partition coefficient (Wildman–Crippen LogP) is 3.97. The first-order valence-corrected chi connectivity index (χ1v) is 9.28. The van der Waals surface area contributed by atoms with Gasteiger partial charge in [0.1, 0.15) is 0 Å². The molecule has 0 aliphatic heterocycles. The summed E-state index contributed by atoms with van der Waals surface area (Å²) < 4.78 is 12.5. The molecule has 3 aliphatic carbocycles. The molecule has 3 fully saturated rings. The molecule has 0 aromatic carbocycles. The summed E-state index contributed by atoms with van der Waals surface area (Å²) in [7, 11) is 0. The number of aliphatic hydroxyl groups excluding tert-OH is 1. The summed E-state index contributed by atoms with van der Waals surface area (Å²) in [5.74, 6) is 0. The standard InChI is InChI=1S/C18H32O3/c19-14-6-8-16(9-7-14)21-18-12-10-17(11-13-18)20-15-4-2-1-3-5-15/h14-19H,1-13H2. The number of rotatable bonds is 4. The van der Waals surface area contributed by atoms with Crippen LogP contribution in [0.15, 0.2) is 0 Å². The summed E-state index contributed by atoms with van der Waals surface area (Å²) in [5, 5.41) is 9.55. The van der Waals surface area contributed by atoms with Crippen LogP contribution in [0.3, 0.4) is 0 Å². The lowest BCUT2D eigenvalue weighted by Gasteiger charge is -2.35. The molecule has 0 aromatic heterocycles. The van der Waals surface area contributed by atoms with Crippen LogP contribution in [-0.2, 0) is 9.47 Å². The Morgan fingerprint density at radius 1 is 0.476 bits per heavy atom. The van der Waals surface area contributed by atoms with E-state index in [1.54, 1.807) is 0 Å². The fraction of sp³-hybridized carbons (Fsp3) is 1.00. The molecule has 3 rings (SSSR count). The number of hydrogen-bond acceptors (Lipinski definition) is 3. The zero-order valence-electron chi connectivity index (χ0n) is 13.3. The molecular formula is C18H32O3. The Morgan fingerprint density at radius 2 is 0.857 bits per heavy atom. The van der Waals surface area contributed by atoms with E-state index < -0.39 is 0 Å². The Morgan fingerprint density at radius 3 is 1.33 bits per heavy atom. The summed E-state index contributed by atoms with van der Waals surface area (Å²) in [4.78, 5) is 0. The normalized spacial score (nSPS) is 39.3. The van der Waals surface area contributed by atoms with Gasteiger partial charge in [-0.15, -0.1) is 0 Å². The van der Waals surface area contributed by atoms with E-state index in [9.17, 15) is 5.11 Å². The lowest BCUT2D eigenvalue weighted by molar-refractivity contribution is -0.0971. The van der Waals surface area contributed by atoms with Crippen molar-refractivity contribution in [1.29, 1.82) is 0 Å². The van der Waals surface area contributed by atoms with Crippen LogP contribution in [0.1, 0.15) is 83.5 Å². The topological polar surface area (TPSA) is 38.7 Å². The van der Waals surface area contributed by atoms with Crippen LogP contribution in [0.5, 0.6) is 0 Å². The van der Waals surface area contributed by atoms with Gasteiger partial charge in [0.2, 0.25) is 0 Å². The third-order valence-corrected chi connectivity index (χ3v) is 5.59. The van der Waals surface area contributed by atoms with Gasteiger partial charge in [0.25, 0.3) is 0 Å². The third-order valence-electron chi connectivity index (χ3n) is 5.59. The Hall–Kier alpha value is -0.120. The van der Waals surface area contributed by atoms with E-state index in [1.807, 2.05) is 0 Å². The molecule has 0 radical (unpaired) electrons. The highest BCUT2D eigenvalue weighted by atomic mass is 16.5. The van der Waals surface area contributed by atoms with Crippen molar-refractivity contribution in [2.45, 2.75) is 114 Å². The summed E-state index contributed by atoms with van der Waals surface area (Å²) in [6.07, 6.45) is 17.1. The maximum Gasteiger partial charge on any atom is 0.0580 e. The molecule has 0 unspecified atom stereocenters. The fourth-order valence-electron chi connectivity index (χ4n) is 4.23. The summed E-state index contributed by atoms with van der Waals surface area (Å²) in [5.41, 5.74) is 0. The van der Waals surface area contributed by atoms with E-state index >= 15 is 0 Å². The summed E-state index contributed by atoms with van der Waals surface area (Å²) in [6.45, 7) is 0. The minimum atomic E-state index is -0.0792. The van der Waals surface area contributed by atoms with Crippen molar-refractivity contribution in [2.75, 3.05) is 0 Å². The predicted molar refractivity (Wildman–Crippen MR) is 83.3 cm³/mol. The SMILES string of the molecule is OC1CCC(OC2CCC(OC3CCCCC3)CC2)CC1. The van der Waals surface area contributed by atoms with Crippen molar-refractivity contribution < 1.29 is 14.6 Å². The molecule has 0 amide bonds. The van der Waals surface area contributed by atoms with Gasteiger partial charge in [-0.1, -0.05) is 19.3 Å². The zero-order chi connectivity index (χ0) is 14.5. The maximum atomic E-state index is 9.55. The van der Waals surface area contributed by atoms with Crippen LogP contribution in [0.25, 0.3) is 0 Å². The lowest BCUT2D eigenvalue weighted by atomic mass is 9.91. The van der Waals surface area contributed by atoms with Gasteiger partial charge in [-0.05, 0) is 64.2 Å². The average molecular weight is 296 g/mol. The van der Waals surface area contributed by atoms with Gasteiger partial charge in [0.05, 0.1) is 30.5 Å². The smallest absolute Gasteiger partial charge is 0.0580 e. The molecule has 0 bridgehead atoms. The highest BCUT2D eigenvalue weighted by molar-refractivity contribution is 4.78. The van der Waals surface area contributed by atoms with Crippen LogP contribution in [0.2, 0.25) is 0 Å². The second-order valence-corrected chi connectivity index (χ2v) is 7.36. The van der Waals surface area contributed by atoms with Crippen molar-refractivity contribution in [3.8, 4) is 0 Å². The van der Waals surface area contributed by atoms with E-state index in [4.69, 9.17) is 9.47 Å². The van der Waals surface area contributed by atoms with E-state index in [0.29, 0.717) is 24.4 Å². The fourth-order valence-corrected chi connectivity index (χ4v) is 4.23. The van der Waals surface area contributed by atoms with E-state index in [2.05, 4.69) is 0 Å². The maximum absolute atomic E-state index is 9.55. The molecule has 3 saturated carbocycles. The molecule has 3 nitrogen and oxygen atoms in total. The van der Waals surface area contributed by atoms with Gasteiger partial charge in [0, 0.05) is 0 Å². The lowest BCUT2D eigenvalue weighted by Crippen LogP contribution is -2.34. The Bertz CT molecular complexity index is 285. The van der Waals surface area contributed by atoms with Crippen LogP contribution < -0.4 is 0 Å². The molecular weight excluding hydrogens is 264 g/mol. The van der Waals surface area contributed by atoms with Crippen LogP contribution >= 0.6 is 0 Å². The summed E-state index contributed by atoms with van der Waals surface area (Å²) >= 11 is 0. The summed E-state index contributed by atoms with van der Waals surface area (Å²) in [6, 6.07) is 0. The second-order valence-electron chi connectivity index (χ2n) is 7.36. The van der Waals surface area contributed by atoms with Crippen molar-refractivity contribution in [3.05, 3.63) is 0 Å². The molecule has 21 heavy (non-hydrogen) atoms. The van der Waals surface area contributed by atoms with E-state index in [0.717, 1.165) is 38.5 Å². The highest BCUT2D eigenvalue weighted by Crippen LogP contribution is 2.31. The molecule has 122 valence electrons. The van der Waals surface area contributed by atoms with Gasteiger partial charge in [0.15, 0.2) is 0 Å². The molecule has 3 heteroatoms. The first kappa shape index (κ1) is 15.8. The zero-order valence-corrected chi connectivity index (χ0v) is 13.3. The van der Waals surface area contributed by atoms with Crippen LogP contribution in [0, 0.1) is 0 Å². The minimum absolute atomic E-state index is 0.0792. The number of aliphatic hydroxyl groups is 1. The molecule has 0 spiro atoms. The van der Waals surface area contributed by atoms with E-state index in [-0.39, 0.29) is 6.10 Å². The second kappa shape index (κ2) is 7.94. The van der Waals surface area contributed by atoms with Gasteiger partial charge in [-0.3, -0.25) is 0 Å².